The number of pyridine rings is 1. The predicted octanol–water partition coefficient (Wildman–Crippen LogP) is 5.72. The molecule has 41 heavy (non-hydrogen) atoms. The van der Waals surface area contributed by atoms with Crippen molar-refractivity contribution in [3.8, 4) is 5.75 Å². The highest BCUT2D eigenvalue weighted by atomic mass is 35.5. The van der Waals surface area contributed by atoms with Gasteiger partial charge in [-0.15, -0.1) is 0 Å². The number of nitrogens with one attached hydrogen (secondary N) is 1. The molecule has 2 aromatic heterocycles. The summed E-state index contributed by atoms with van der Waals surface area (Å²) in [5.74, 6) is 0.557. The standard InChI is InChI=1S/C29H28ClFN4O5S/c1-19(38-11-12-41(2,36)37)29(9-4-10-40-29)27-15-23-25(16-32-27)33-18-34-28(23)35-22-7-8-26(24(30)14-22)39-17-20-5-3-6-21(31)13-20/h3-8,10,13-16,18-19H,9,11-12,17H2,1-2H3,(H,33,34,35). The molecule has 2 unspecified atom stereocenters. The first-order valence-electron chi connectivity index (χ1n) is 12.8. The number of benzene rings is 2. The molecule has 5 rings (SSSR count). The van der Waals surface area contributed by atoms with Crippen molar-refractivity contribution in [1.29, 1.82) is 0 Å². The Morgan fingerprint density at radius 3 is 2.76 bits per heavy atom. The normalized spacial score (nSPS) is 17.4. The third-order valence-electron chi connectivity index (χ3n) is 6.71. The summed E-state index contributed by atoms with van der Waals surface area (Å²) >= 11 is 6.49. The van der Waals surface area contributed by atoms with Crippen LogP contribution in [0.3, 0.4) is 0 Å². The zero-order valence-corrected chi connectivity index (χ0v) is 24.0. The molecule has 0 fully saturated rings. The van der Waals surface area contributed by atoms with Gasteiger partial charge in [0.1, 0.15) is 46.3 Å². The summed E-state index contributed by atoms with van der Waals surface area (Å²) in [6.45, 7) is 2.05. The Morgan fingerprint density at radius 2 is 2.02 bits per heavy atom. The minimum Gasteiger partial charge on any atom is -0.487 e. The molecule has 0 saturated carbocycles. The quantitative estimate of drug-likeness (QED) is 0.232. The molecule has 214 valence electrons. The molecule has 9 nitrogen and oxygen atoms in total. The molecule has 1 aliphatic rings. The van der Waals surface area contributed by atoms with Gasteiger partial charge in [-0.1, -0.05) is 23.7 Å². The molecule has 2 atom stereocenters. The molecule has 3 heterocycles. The summed E-state index contributed by atoms with van der Waals surface area (Å²) in [6.07, 6.45) is 7.72. The van der Waals surface area contributed by atoms with E-state index >= 15 is 0 Å². The van der Waals surface area contributed by atoms with Gasteiger partial charge >= 0.3 is 0 Å². The lowest BCUT2D eigenvalue weighted by molar-refractivity contribution is -0.0987. The fourth-order valence-electron chi connectivity index (χ4n) is 4.50. The van der Waals surface area contributed by atoms with Crippen LogP contribution in [0, 0.1) is 5.82 Å². The third kappa shape index (κ3) is 6.75. The molecular formula is C29H28ClFN4O5S. The number of rotatable bonds is 11. The second kappa shape index (κ2) is 12.0. The van der Waals surface area contributed by atoms with Gasteiger partial charge in [0.2, 0.25) is 0 Å². The number of nitrogens with zero attached hydrogens (tertiary/aromatic N) is 3. The number of aromatic nitrogens is 3. The molecule has 0 saturated heterocycles. The Hall–Kier alpha value is -3.80. The Morgan fingerprint density at radius 1 is 1.17 bits per heavy atom. The SMILES string of the molecule is CC(OCCS(C)(=O)=O)C1(c2cc3c(Nc4ccc(OCc5cccc(F)c5)c(Cl)c4)ncnc3cn2)CC=CO1. The molecule has 12 heteroatoms. The maximum atomic E-state index is 13.5. The number of hydrogen-bond donors (Lipinski definition) is 1. The van der Waals surface area contributed by atoms with Crippen LogP contribution < -0.4 is 10.1 Å². The van der Waals surface area contributed by atoms with Crippen molar-refractivity contribution in [2.45, 2.75) is 31.7 Å². The van der Waals surface area contributed by atoms with Crippen LogP contribution in [-0.4, -0.2) is 48.1 Å². The smallest absolute Gasteiger partial charge is 0.179 e. The average Bonchev–Trinajstić information content (AvgIpc) is 3.43. The van der Waals surface area contributed by atoms with Crippen LogP contribution in [0.4, 0.5) is 15.9 Å². The summed E-state index contributed by atoms with van der Waals surface area (Å²) in [4.78, 5) is 13.4. The first kappa shape index (κ1) is 28.7. The van der Waals surface area contributed by atoms with E-state index in [1.54, 1.807) is 42.8 Å². The lowest BCUT2D eigenvalue weighted by atomic mass is 9.89. The van der Waals surface area contributed by atoms with Crippen molar-refractivity contribution < 1.29 is 27.0 Å². The Labute approximate surface area is 242 Å². The van der Waals surface area contributed by atoms with E-state index < -0.39 is 21.5 Å². The molecule has 1 aliphatic heterocycles. The molecule has 1 N–H and O–H groups in total. The Bertz CT molecular complexity index is 1690. The number of anilines is 2. The Balaban J connectivity index is 1.37. The van der Waals surface area contributed by atoms with Gasteiger partial charge in [-0.3, -0.25) is 4.98 Å². The molecule has 0 aliphatic carbocycles. The maximum absolute atomic E-state index is 13.5. The van der Waals surface area contributed by atoms with Crippen molar-refractivity contribution in [2.24, 2.45) is 0 Å². The second-order valence-electron chi connectivity index (χ2n) is 9.72. The van der Waals surface area contributed by atoms with Crippen molar-refractivity contribution in [1.82, 2.24) is 15.0 Å². The van der Waals surface area contributed by atoms with Crippen molar-refractivity contribution in [3.05, 3.63) is 95.5 Å². The Kier molecular flexibility index (Phi) is 8.39. The van der Waals surface area contributed by atoms with E-state index in [0.717, 1.165) is 0 Å². The number of sulfone groups is 1. The summed E-state index contributed by atoms with van der Waals surface area (Å²) < 4.78 is 54.3. The van der Waals surface area contributed by atoms with E-state index in [-0.39, 0.29) is 24.8 Å². The van der Waals surface area contributed by atoms with E-state index in [1.165, 1.54) is 24.7 Å². The lowest BCUT2D eigenvalue weighted by Gasteiger charge is -2.34. The van der Waals surface area contributed by atoms with E-state index in [4.69, 9.17) is 25.8 Å². The molecule has 0 amide bonds. The van der Waals surface area contributed by atoms with Crippen molar-refractivity contribution >= 4 is 43.8 Å². The van der Waals surface area contributed by atoms with Gasteiger partial charge in [0.25, 0.3) is 0 Å². The van der Waals surface area contributed by atoms with Gasteiger partial charge in [-0.2, -0.15) is 0 Å². The highest BCUT2D eigenvalue weighted by molar-refractivity contribution is 7.90. The summed E-state index contributed by atoms with van der Waals surface area (Å²) in [7, 11) is -3.17. The first-order chi connectivity index (χ1) is 19.6. The van der Waals surface area contributed by atoms with E-state index in [0.29, 0.717) is 50.9 Å². The summed E-state index contributed by atoms with van der Waals surface area (Å²) in [6, 6.07) is 13.3. The average molecular weight is 599 g/mol. The van der Waals surface area contributed by atoms with Gasteiger partial charge in [0.15, 0.2) is 5.60 Å². The van der Waals surface area contributed by atoms with Crippen LogP contribution in [0.25, 0.3) is 10.9 Å². The van der Waals surface area contributed by atoms with E-state index in [9.17, 15) is 12.8 Å². The number of halogens is 2. The van der Waals surface area contributed by atoms with Crippen LogP contribution in [-0.2, 0) is 31.5 Å². The minimum absolute atomic E-state index is 0.0390. The van der Waals surface area contributed by atoms with Crippen molar-refractivity contribution in [3.63, 3.8) is 0 Å². The van der Waals surface area contributed by atoms with Gasteiger partial charge < -0.3 is 19.5 Å². The van der Waals surface area contributed by atoms with Crippen LogP contribution in [0.2, 0.25) is 5.02 Å². The molecular weight excluding hydrogens is 571 g/mol. The largest absolute Gasteiger partial charge is 0.487 e. The van der Waals surface area contributed by atoms with Crippen LogP contribution >= 0.6 is 11.6 Å². The van der Waals surface area contributed by atoms with Gasteiger partial charge in [0.05, 0.1) is 41.1 Å². The molecule has 0 bridgehead atoms. The topological polar surface area (TPSA) is 113 Å². The van der Waals surface area contributed by atoms with E-state index in [1.807, 2.05) is 19.1 Å². The second-order valence-corrected chi connectivity index (χ2v) is 12.4. The zero-order chi connectivity index (χ0) is 29.0. The minimum atomic E-state index is -3.17. The summed E-state index contributed by atoms with van der Waals surface area (Å²) in [5, 5.41) is 4.35. The molecule has 0 spiro atoms. The number of hydrogen-bond acceptors (Lipinski definition) is 9. The highest BCUT2D eigenvalue weighted by Crippen LogP contribution is 2.40. The predicted molar refractivity (Wildman–Crippen MR) is 154 cm³/mol. The highest BCUT2D eigenvalue weighted by Gasteiger charge is 2.43. The van der Waals surface area contributed by atoms with Crippen LogP contribution in [0.15, 0.2) is 73.4 Å². The first-order valence-corrected chi connectivity index (χ1v) is 15.2. The molecule has 2 aromatic carbocycles. The number of fused-ring (bicyclic) bond motifs is 1. The van der Waals surface area contributed by atoms with Gasteiger partial charge in [-0.05, 0) is 55.0 Å². The van der Waals surface area contributed by atoms with Crippen LogP contribution in [0.1, 0.15) is 24.6 Å². The fourth-order valence-corrected chi connectivity index (χ4v) is 5.13. The van der Waals surface area contributed by atoms with Gasteiger partial charge in [-0.25, -0.2) is 22.8 Å². The van der Waals surface area contributed by atoms with Crippen LogP contribution in [0.5, 0.6) is 5.75 Å². The number of ether oxygens (including phenoxy) is 3. The lowest BCUT2D eigenvalue weighted by Crippen LogP contribution is -2.40. The molecule has 0 radical (unpaired) electrons. The maximum Gasteiger partial charge on any atom is 0.179 e. The van der Waals surface area contributed by atoms with E-state index in [2.05, 4.69) is 20.3 Å². The fraction of sp³-hybridized carbons (Fsp3) is 0.276. The van der Waals surface area contributed by atoms with Crippen molar-refractivity contribution in [2.75, 3.05) is 23.9 Å². The third-order valence-corrected chi connectivity index (χ3v) is 7.91. The summed E-state index contributed by atoms with van der Waals surface area (Å²) in [5.41, 5.74) is 1.62. The van der Waals surface area contributed by atoms with Gasteiger partial charge in [0, 0.05) is 23.8 Å². The zero-order valence-electron chi connectivity index (χ0n) is 22.4. The monoisotopic (exact) mass is 598 g/mol. The molecule has 4 aromatic rings.